The molecule has 0 atom stereocenters. The molecule has 0 fully saturated rings. The van der Waals surface area contributed by atoms with Gasteiger partial charge < -0.3 is 5.32 Å². The average Bonchev–Trinajstić information content (AvgIpc) is 2.48. The molecule has 126 valence electrons. The van der Waals surface area contributed by atoms with Gasteiger partial charge in [-0.3, -0.25) is 14.9 Å². The number of amides is 1. The molecule has 1 N–H and O–H groups in total. The number of nitrogens with zero attached hydrogens (tertiary/aromatic N) is 1. The van der Waals surface area contributed by atoms with E-state index in [1.54, 1.807) is 19.1 Å². The van der Waals surface area contributed by atoms with Gasteiger partial charge in [-0.15, -0.1) is 0 Å². The van der Waals surface area contributed by atoms with Crippen LogP contribution in [0.25, 0.3) is 0 Å². The van der Waals surface area contributed by atoms with Crippen LogP contribution in [0.5, 0.6) is 0 Å². The predicted octanol–water partition coefficient (Wildman–Crippen LogP) is 3.32. The molecule has 0 heterocycles. The molecule has 0 aliphatic rings. The molecule has 0 radical (unpaired) electrons. The summed E-state index contributed by atoms with van der Waals surface area (Å²) >= 11 is 3.31. The van der Waals surface area contributed by atoms with Crippen LogP contribution < -0.4 is 5.32 Å². The molecule has 9 heteroatoms. The third kappa shape index (κ3) is 3.98. The maximum atomic E-state index is 12.3. The SMILES string of the molecule is Cc1cc(Br)ccc1NC(=O)c1ccc(S(C)(=O)=O)c([N+](=O)[O-])c1. The number of rotatable bonds is 4. The van der Waals surface area contributed by atoms with Gasteiger partial charge in [0.2, 0.25) is 0 Å². The Hall–Kier alpha value is -2.26. The number of carbonyl (C=O) groups excluding carboxylic acids is 1. The second-order valence-corrected chi connectivity index (χ2v) is 8.02. The zero-order chi connectivity index (χ0) is 18.1. The number of sulfone groups is 1. The maximum absolute atomic E-state index is 12.3. The lowest BCUT2D eigenvalue weighted by Gasteiger charge is -2.09. The molecule has 24 heavy (non-hydrogen) atoms. The van der Waals surface area contributed by atoms with Crippen LogP contribution >= 0.6 is 15.9 Å². The van der Waals surface area contributed by atoms with Gasteiger partial charge in [0.15, 0.2) is 9.84 Å². The molecule has 0 aromatic heterocycles. The van der Waals surface area contributed by atoms with Gasteiger partial charge in [0.1, 0.15) is 4.90 Å². The van der Waals surface area contributed by atoms with Gasteiger partial charge in [-0.25, -0.2) is 8.42 Å². The van der Waals surface area contributed by atoms with Crippen LogP contribution in [-0.4, -0.2) is 25.5 Å². The van der Waals surface area contributed by atoms with Crippen molar-refractivity contribution in [3.63, 3.8) is 0 Å². The molecular formula is C15H13BrN2O5S. The van der Waals surface area contributed by atoms with Gasteiger partial charge in [-0.1, -0.05) is 15.9 Å². The van der Waals surface area contributed by atoms with E-state index >= 15 is 0 Å². The van der Waals surface area contributed by atoms with Gasteiger partial charge in [-0.2, -0.15) is 0 Å². The molecule has 0 saturated carbocycles. The molecule has 1 amide bonds. The number of benzene rings is 2. The number of hydrogen-bond acceptors (Lipinski definition) is 5. The summed E-state index contributed by atoms with van der Waals surface area (Å²) in [6.07, 6.45) is 0.875. The topological polar surface area (TPSA) is 106 Å². The van der Waals surface area contributed by atoms with Crippen molar-refractivity contribution in [2.45, 2.75) is 11.8 Å². The van der Waals surface area contributed by atoms with Crippen LogP contribution in [0.1, 0.15) is 15.9 Å². The van der Waals surface area contributed by atoms with Crippen LogP contribution in [0.3, 0.4) is 0 Å². The van der Waals surface area contributed by atoms with Gasteiger partial charge in [0, 0.05) is 28.0 Å². The average molecular weight is 413 g/mol. The molecule has 7 nitrogen and oxygen atoms in total. The summed E-state index contributed by atoms with van der Waals surface area (Å²) in [5, 5.41) is 13.7. The molecule has 0 aliphatic carbocycles. The van der Waals surface area contributed by atoms with Crippen molar-refractivity contribution in [1.82, 2.24) is 0 Å². The molecule has 2 rings (SSSR count). The third-order valence-corrected chi connectivity index (χ3v) is 4.89. The Morgan fingerprint density at radius 3 is 2.42 bits per heavy atom. The Morgan fingerprint density at radius 1 is 1.21 bits per heavy atom. The van der Waals surface area contributed by atoms with Crippen molar-refractivity contribution < 1.29 is 18.1 Å². The fourth-order valence-corrected chi connectivity index (χ4v) is 3.38. The summed E-state index contributed by atoms with van der Waals surface area (Å²) in [4.78, 5) is 22.1. The Balaban J connectivity index is 2.40. The fourth-order valence-electron chi connectivity index (χ4n) is 2.08. The molecule has 0 unspecified atom stereocenters. The molecule has 0 bridgehead atoms. The van der Waals surface area contributed by atoms with Crippen LogP contribution in [0.15, 0.2) is 45.8 Å². The number of carbonyl (C=O) groups is 1. The number of halogens is 1. The summed E-state index contributed by atoms with van der Waals surface area (Å²) in [5.41, 5.74) is 0.729. The van der Waals surface area contributed by atoms with E-state index in [4.69, 9.17) is 0 Å². The van der Waals surface area contributed by atoms with E-state index in [9.17, 15) is 23.3 Å². The van der Waals surface area contributed by atoms with Crippen molar-refractivity contribution in [2.24, 2.45) is 0 Å². The van der Waals surface area contributed by atoms with E-state index in [0.717, 1.165) is 28.4 Å². The number of hydrogen-bond donors (Lipinski definition) is 1. The lowest BCUT2D eigenvalue weighted by atomic mass is 10.1. The zero-order valence-corrected chi connectivity index (χ0v) is 15.1. The van der Waals surface area contributed by atoms with Gasteiger partial charge in [0.25, 0.3) is 11.6 Å². The summed E-state index contributed by atoms with van der Waals surface area (Å²) in [6, 6.07) is 8.52. The Morgan fingerprint density at radius 2 is 1.88 bits per heavy atom. The first kappa shape index (κ1) is 18.1. The van der Waals surface area contributed by atoms with Crippen molar-refractivity contribution in [3.05, 3.63) is 62.1 Å². The maximum Gasteiger partial charge on any atom is 0.288 e. The highest BCUT2D eigenvalue weighted by Gasteiger charge is 2.24. The van der Waals surface area contributed by atoms with Gasteiger partial charge in [-0.05, 0) is 42.8 Å². The lowest BCUT2D eigenvalue weighted by molar-refractivity contribution is -0.387. The van der Waals surface area contributed by atoms with Crippen LogP contribution in [0.4, 0.5) is 11.4 Å². The van der Waals surface area contributed by atoms with E-state index in [1.807, 2.05) is 6.07 Å². The Kier molecular flexibility index (Phi) is 5.05. The second kappa shape index (κ2) is 6.70. The van der Waals surface area contributed by atoms with E-state index < -0.39 is 31.3 Å². The highest BCUT2D eigenvalue weighted by atomic mass is 79.9. The summed E-state index contributed by atoms with van der Waals surface area (Å²) in [7, 11) is -3.77. The minimum Gasteiger partial charge on any atom is -0.322 e. The largest absolute Gasteiger partial charge is 0.322 e. The Labute approximate surface area is 146 Å². The summed E-state index contributed by atoms with van der Waals surface area (Å²) in [6.45, 7) is 1.80. The number of anilines is 1. The highest BCUT2D eigenvalue weighted by molar-refractivity contribution is 9.10. The normalized spacial score (nSPS) is 11.1. The smallest absolute Gasteiger partial charge is 0.288 e. The van der Waals surface area contributed by atoms with Crippen molar-refractivity contribution in [3.8, 4) is 0 Å². The number of aryl methyl sites for hydroxylation is 1. The zero-order valence-electron chi connectivity index (χ0n) is 12.7. The molecule has 2 aromatic carbocycles. The van der Waals surface area contributed by atoms with E-state index in [2.05, 4.69) is 21.2 Å². The highest BCUT2D eigenvalue weighted by Crippen LogP contribution is 2.26. The first-order chi connectivity index (χ1) is 11.1. The quantitative estimate of drug-likeness (QED) is 0.611. The van der Waals surface area contributed by atoms with Crippen LogP contribution in [0, 0.1) is 17.0 Å². The monoisotopic (exact) mass is 412 g/mol. The molecular weight excluding hydrogens is 400 g/mol. The van der Waals surface area contributed by atoms with Crippen LogP contribution in [0.2, 0.25) is 0 Å². The van der Waals surface area contributed by atoms with Gasteiger partial charge in [0.05, 0.1) is 4.92 Å². The number of nitro groups is 1. The molecule has 2 aromatic rings. The molecule has 0 aliphatic heterocycles. The van der Waals surface area contributed by atoms with E-state index in [-0.39, 0.29) is 5.56 Å². The van der Waals surface area contributed by atoms with E-state index in [1.165, 1.54) is 6.07 Å². The second-order valence-electron chi connectivity index (χ2n) is 5.13. The van der Waals surface area contributed by atoms with Gasteiger partial charge >= 0.3 is 0 Å². The summed E-state index contributed by atoms with van der Waals surface area (Å²) in [5.74, 6) is -0.566. The minimum absolute atomic E-state index is 0.00332. The standard InChI is InChI=1S/C15H13BrN2O5S/c1-9-7-11(16)4-5-12(9)17-15(19)10-3-6-14(24(2,22)23)13(8-10)18(20)21/h3-8H,1-2H3,(H,17,19). The lowest BCUT2D eigenvalue weighted by Crippen LogP contribution is -2.14. The van der Waals surface area contributed by atoms with Crippen LogP contribution in [-0.2, 0) is 9.84 Å². The van der Waals surface area contributed by atoms with Crippen molar-refractivity contribution >= 4 is 43.0 Å². The minimum atomic E-state index is -3.77. The third-order valence-electron chi connectivity index (χ3n) is 3.25. The fraction of sp³-hybridized carbons (Fsp3) is 0.133. The molecule has 0 spiro atoms. The first-order valence-corrected chi connectivity index (χ1v) is 9.34. The van der Waals surface area contributed by atoms with Crippen molar-refractivity contribution in [2.75, 3.05) is 11.6 Å². The number of nitrogens with one attached hydrogen (secondary N) is 1. The summed E-state index contributed by atoms with van der Waals surface area (Å²) < 4.78 is 24.0. The first-order valence-electron chi connectivity index (χ1n) is 6.65. The Bertz CT molecular complexity index is 941. The van der Waals surface area contributed by atoms with E-state index in [0.29, 0.717) is 5.69 Å². The van der Waals surface area contributed by atoms with Crippen molar-refractivity contribution in [1.29, 1.82) is 0 Å². The molecule has 0 saturated heterocycles. The number of nitro benzene ring substituents is 1. The predicted molar refractivity (Wildman–Crippen MR) is 93.0 cm³/mol.